The van der Waals surface area contributed by atoms with E-state index < -0.39 is 11.2 Å². The lowest BCUT2D eigenvalue weighted by Gasteiger charge is -2.66. The van der Waals surface area contributed by atoms with Crippen LogP contribution >= 0.6 is 0 Å². The lowest BCUT2D eigenvalue weighted by Crippen LogP contribution is -2.69. The summed E-state index contributed by atoms with van der Waals surface area (Å²) in [5, 5.41) is 10.4. The van der Waals surface area contributed by atoms with E-state index in [2.05, 4.69) is 71.9 Å². The van der Waals surface area contributed by atoms with E-state index in [1.165, 1.54) is 24.8 Å². The molecule has 32 heavy (non-hydrogen) atoms. The molecule has 4 aliphatic carbocycles. The van der Waals surface area contributed by atoms with Gasteiger partial charge in [0.2, 0.25) is 0 Å². The number of hydrogen-bond donors (Lipinski definition) is 1. The molecule has 2 bridgehead atoms. The lowest BCUT2D eigenvalue weighted by molar-refractivity contribution is -0.455. The monoisotopic (exact) mass is 440 g/mol. The van der Waals surface area contributed by atoms with E-state index in [1.54, 1.807) is 0 Å². The van der Waals surface area contributed by atoms with E-state index in [9.17, 15) is 5.11 Å². The van der Waals surface area contributed by atoms with Crippen molar-refractivity contribution in [3.63, 3.8) is 0 Å². The smallest absolute Gasteiger partial charge is 0.147 e. The second-order valence-corrected chi connectivity index (χ2v) is 12.5. The van der Waals surface area contributed by atoms with Crippen LogP contribution in [0.2, 0.25) is 0 Å². The average molecular weight is 441 g/mol. The van der Waals surface area contributed by atoms with Gasteiger partial charge in [-0.15, -0.1) is 0 Å². The molecule has 3 heteroatoms. The first-order valence-electron chi connectivity index (χ1n) is 13.3. The van der Waals surface area contributed by atoms with E-state index >= 15 is 0 Å². The summed E-state index contributed by atoms with van der Waals surface area (Å²) in [7, 11) is 0. The van der Waals surface area contributed by atoms with E-state index in [-0.39, 0.29) is 16.9 Å². The largest absolute Gasteiger partial charge is 0.393 e. The highest BCUT2D eigenvalue weighted by Crippen LogP contribution is 2.71. The number of fused-ring (bicyclic) bond motifs is 2. The number of aliphatic hydroxyl groups is 1. The van der Waals surface area contributed by atoms with Crippen LogP contribution in [0.1, 0.15) is 86.5 Å². The Morgan fingerprint density at radius 1 is 1.09 bits per heavy atom. The van der Waals surface area contributed by atoms with Crippen molar-refractivity contribution in [2.24, 2.45) is 40.4 Å². The summed E-state index contributed by atoms with van der Waals surface area (Å²) in [6, 6.07) is 0. The summed E-state index contributed by atoms with van der Waals surface area (Å²) >= 11 is 0. The Hall–Kier alpha value is -0.900. The van der Waals surface area contributed by atoms with Gasteiger partial charge in [-0.05, 0) is 85.3 Å². The molecular weight excluding hydrogens is 396 g/mol. The Balaban J connectivity index is 1.47. The van der Waals surface area contributed by atoms with Crippen molar-refractivity contribution in [2.45, 2.75) is 104 Å². The minimum Gasteiger partial charge on any atom is -0.393 e. The Kier molecular flexibility index (Phi) is 5.40. The van der Waals surface area contributed by atoms with Crippen LogP contribution in [0.4, 0.5) is 0 Å². The minimum atomic E-state index is -0.508. The molecule has 0 unspecified atom stereocenters. The molecule has 2 heterocycles. The van der Waals surface area contributed by atoms with E-state index in [1.807, 2.05) is 0 Å². The van der Waals surface area contributed by atoms with Gasteiger partial charge >= 0.3 is 0 Å². The highest BCUT2D eigenvalue weighted by molar-refractivity contribution is 5.48. The van der Waals surface area contributed by atoms with Crippen molar-refractivity contribution in [1.29, 1.82) is 0 Å². The summed E-state index contributed by atoms with van der Waals surface area (Å²) in [5.41, 5.74) is 0.653. The fourth-order valence-corrected chi connectivity index (χ4v) is 8.58. The molecule has 2 aliphatic heterocycles. The van der Waals surface area contributed by atoms with Gasteiger partial charge in [-0.3, -0.25) is 0 Å². The standard InChI is InChI=1S/C29H44O3/c1-7-21(19(2)3)9-8-20(4)23-10-11-24-26(23,5)14-13-25-27(6)15-12-22(30)18-28(27)16-17-29(24,25)32-31-28/h8-9,13,16-17,19-24,30H,7,10-12,14-15,18H2,1-6H3/b9-8+/t20-,21+,22+,23-,24-,26-,27-,28-,29+/m1/s1. The zero-order valence-corrected chi connectivity index (χ0v) is 21.1. The van der Waals surface area contributed by atoms with Crippen LogP contribution in [-0.4, -0.2) is 22.4 Å². The summed E-state index contributed by atoms with van der Waals surface area (Å²) in [4.78, 5) is 12.7. The van der Waals surface area contributed by atoms with Gasteiger partial charge in [0.15, 0.2) is 0 Å². The molecule has 0 aromatic heterocycles. The van der Waals surface area contributed by atoms with Crippen molar-refractivity contribution >= 4 is 0 Å². The Labute approximate surface area is 195 Å². The van der Waals surface area contributed by atoms with Crippen molar-refractivity contribution in [2.75, 3.05) is 0 Å². The minimum absolute atomic E-state index is 0.0736. The van der Waals surface area contributed by atoms with Crippen LogP contribution in [0.3, 0.4) is 0 Å². The van der Waals surface area contributed by atoms with E-state index in [0.29, 0.717) is 36.0 Å². The molecule has 1 saturated heterocycles. The van der Waals surface area contributed by atoms with Gasteiger partial charge < -0.3 is 5.11 Å². The zero-order valence-electron chi connectivity index (χ0n) is 21.1. The van der Waals surface area contributed by atoms with Crippen molar-refractivity contribution in [3.8, 4) is 0 Å². The van der Waals surface area contributed by atoms with Crippen molar-refractivity contribution in [1.82, 2.24) is 0 Å². The number of aliphatic hydroxyl groups excluding tert-OH is 1. The second kappa shape index (κ2) is 7.55. The molecule has 1 N–H and O–H groups in total. The molecule has 2 spiro atoms. The fraction of sp³-hybridized carbons (Fsp3) is 0.793. The van der Waals surface area contributed by atoms with Gasteiger partial charge in [0.25, 0.3) is 0 Å². The molecule has 6 aliphatic rings. The molecule has 0 radical (unpaired) electrons. The fourth-order valence-electron chi connectivity index (χ4n) is 8.58. The topological polar surface area (TPSA) is 38.7 Å². The van der Waals surface area contributed by atoms with Gasteiger partial charge in [0, 0.05) is 17.8 Å². The highest BCUT2D eigenvalue weighted by Gasteiger charge is 2.71. The number of rotatable bonds is 5. The summed E-state index contributed by atoms with van der Waals surface area (Å²) in [6.45, 7) is 14.3. The summed E-state index contributed by atoms with van der Waals surface area (Å²) in [6.07, 6.45) is 19.1. The first-order valence-corrected chi connectivity index (χ1v) is 13.3. The number of hydrogen-bond acceptors (Lipinski definition) is 3. The van der Waals surface area contributed by atoms with E-state index in [4.69, 9.17) is 9.78 Å². The SMILES string of the molecule is CC[C@@H](/C=C/[C@@H](C)[C@H]1CC[C@@H]2[C@]1(C)CC=C1[C@]23C=C[C@]2(C[C@@H](O)CC[C@]12C)OO3)C(C)C. The molecule has 3 nitrogen and oxygen atoms in total. The molecule has 0 aromatic carbocycles. The predicted octanol–water partition coefficient (Wildman–Crippen LogP) is 6.78. The van der Waals surface area contributed by atoms with Gasteiger partial charge in [-0.25, -0.2) is 9.78 Å². The maximum atomic E-state index is 10.4. The normalized spacial score (nSPS) is 49.0. The van der Waals surface area contributed by atoms with Crippen LogP contribution in [0, 0.1) is 40.4 Å². The van der Waals surface area contributed by atoms with Crippen LogP contribution < -0.4 is 0 Å². The molecule has 3 fully saturated rings. The second-order valence-electron chi connectivity index (χ2n) is 12.5. The molecule has 0 aromatic rings. The molecule has 9 atom stereocenters. The zero-order chi connectivity index (χ0) is 22.9. The van der Waals surface area contributed by atoms with Crippen LogP contribution in [0.25, 0.3) is 0 Å². The van der Waals surface area contributed by atoms with Gasteiger partial charge in [-0.1, -0.05) is 59.8 Å². The highest BCUT2D eigenvalue weighted by atomic mass is 17.2. The Morgan fingerprint density at radius 3 is 2.53 bits per heavy atom. The third-order valence-corrected chi connectivity index (χ3v) is 10.7. The average Bonchev–Trinajstić information content (AvgIpc) is 3.12. The van der Waals surface area contributed by atoms with Crippen molar-refractivity contribution in [3.05, 3.63) is 36.0 Å². The Bertz CT molecular complexity index is 841. The first-order chi connectivity index (χ1) is 15.1. The van der Waals surface area contributed by atoms with Crippen LogP contribution in [-0.2, 0) is 9.78 Å². The predicted molar refractivity (Wildman–Crippen MR) is 129 cm³/mol. The van der Waals surface area contributed by atoms with Crippen LogP contribution in [0.15, 0.2) is 36.0 Å². The van der Waals surface area contributed by atoms with E-state index in [0.717, 1.165) is 19.3 Å². The third-order valence-electron chi connectivity index (χ3n) is 10.7. The molecule has 0 amide bonds. The number of allylic oxidation sites excluding steroid dienone is 3. The molecular formula is C29H44O3. The molecule has 2 saturated carbocycles. The maximum Gasteiger partial charge on any atom is 0.147 e. The van der Waals surface area contributed by atoms with Crippen LogP contribution in [0.5, 0.6) is 0 Å². The van der Waals surface area contributed by atoms with Crippen molar-refractivity contribution < 1.29 is 14.9 Å². The first kappa shape index (κ1) is 22.9. The van der Waals surface area contributed by atoms with Gasteiger partial charge in [-0.2, -0.15) is 0 Å². The molecule has 6 rings (SSSR count). The molecule has 178 valence electrons. The maximum absolute atomic E-state index is 10.4. The lowest BCUT2D eigenvalue weighted by atomic mass is 9.47. The summed E-state index contributed by atoms with van der Waals surface area (Å²) in [5.74, 6) is 3.05. The summed E-state index contributed by atoms with van der Waals surface area (Å²) < 4.78 is 0. The Morgan fingerprint density at radius 2 is 1.88 bits per heavy atom. The van der Waals surface area contributed by atoms with Gasteiger partial charge in [0.1, 0.15) is 11.2 Å². The third kappa shape index (κ3) is 2.89. The van der Waals surface area contributed by atoms with Gasteiger partial charge in [0.05, 0.1) is 6.10 Å². The quantitative estimate of drug-likeness (QED) is 0.378.